The number of thiophene rings is 1. The van der Waals surface area contributed by atoms with Crippen molar-refractivity contribution in [3.05, 3.63) is 16.5 Å². The Kier molecular flexibility index (Phi) is 4.49. The first-order chi connectivity index (χ1) is 9.52. The van der Waals surface area contributed by atoms with E-state index in [1.807, 2.05) is 0 Å². The third-order valence-corrected chi connectivity index (χ3v) is 4.57. The predicted molar refractivity (Wildman–Crippen MR) is 76.3 cm³/mol. The lowest BCUT2D eigenvalue weighted by Gasteiger charge is -2.29. The molecule has 6 nitrogen and oxygen atoms in total. The summed E-state index contributed by atoms with van der Waals surface area (Å²) in [6.45, 7) is 3.11. The second kappa shape index (κ2) is 6.13. The number of hydrogen-bond acceptors (Lipinski definition) is 5. The molecular formula is C13H18N2O4S. The van der Waals surface area contributed by atoms with E-state index in [0.717, 1.165) is 17.7 Å². The van der Waals surface area contributed by atoms with Crippen molar-refractivity contribution < 1.29 is 19.4 Å². The molecule has 0 unspecified atom stereocenters. The first-order valence-electron chi connectivity index (χ1n) is 6.57. The van der Waals surface area contributed by atoms with Crippen molar-refractivity contribution in [1.82, 2.24) is 4.90 Å². The molecule has 1 aliphatic rings. The monoisotopic (exact) mass is 298 g/mol. The Morgan fingerprint density at radius 1 is 1.50 bits per heavy atom. The molecule has 7 heteroatoms. The van der Waals surface area contributed by atoms with E-state index in [2.05, 4.69) is 0 Å². The number of hydrogen-bond donors (Lipinski definition) is 2. The van der Waals surface area contributed by atoms with Crippen molar-refractivity contribution in [2.75, 3.05) is 25.4 Å². The van der Waals surface area contributed by atoms with Crippen molar-refractivity contribution in [1.29, 1.82) is 0 Å². The van der Waals surface area contributed by atoms with Crippen LogP contribution in [0.15, 0.2) is 6.07 Å². The molecule has 0 spiro atoms. The van der Waals surface area contributed by atoms with Crippen LogP contribution in [0.3, 0.4) is 0 Å². The predicted octanol–water partition coefficient (Wildman–Crippen LogP) is 2.36. The zero-order valence-electron chi connectivity index (χ0n) is 11.3. The largest absolute Gasteiger partial charge is 0.465 e. The van der Waals surface area contributed by atoms with Crippen LogP contribution in [0.4, 0.5) is 9.80 Å². The Morgan fingerprint density at radius 2 is 2.15 bits per heavy atom. The van der Waals surface area contributed by atoms with E-state index in [4.69, 9.17) is 15.6 Å². The SMILES string of the molecule is CCOC(=O)c1cc(C2CCN(C(=O)O)CC2)sc1N. The van der Waals surface area contributed by atoms with Gasteiger partial charge in [-0.05, 0) is 31.7 Å². The molecule has 1 fully saturated rings. The van der Waals surface area contributed by atoms with E-state index in [-0.39, 0.29) is 5.92 Å². The third-order valence-electron chi connectivity index (χ3n) is 3.44. The summed E-state index contributed by atoms with van der Waals surface area (Å²) in [5.41, 5.74) is 6.29. The maximum absolute atomic E-state index is 11.7. The lowest BCUT2D eigenvalue weighted by atomic mass is 9.95. The Bertz CT molecular complexity index is 506. The van der Waals surface area contributed by atoms with Crippen molar-refractivity contribution >= 4 is 28.4 Å². The molecule has 1 amide bonds. The molecule has 0 radical (unpaired) electrons. The molecule has 0 saturated carbocycles. The first kappa shape index (κ1) is 14.6. The number of carboxylic acid groups (broad SMARTS) is 1. The minimum absolute atomic E-state index is 0.265. The van der Waals surface area contributed by atoms with Gasteiger partial charge in [0.1, 0.15) is 5.00 Å². The number of rotatable bonds is 3. The number of likely N-dealkylation sites (tertiary alicyclic amines) is 1. The van der Waals surface area contributed by atoms with Crippen LogP contribution in [0, 0.1) is 0 Å². The van der Waals surface area contributed by atoms with Gasteiger partial charge in [-0.3, -0.25) is 0 Å². The number of amides is 1. The number of esters is 1. The average Bonchev–Trinajstić information content (AvgIpc) is 2.81. The van der Waals surface area contributed by atoms with Crippen LogP contribution in [0.5, 0.6) is 0 Å². The van der Waals surface area contributed by atoms with Crippen LogP contribution in [-0.2, 0) is 4.74 Å². The van der Waals surface area contributed by atoms with Gasteiger partial charge in [-0.25, -0.2) is 9.59 Å². The normalized spacial score (nSPS) is 16.1. The summed E-state index contributed by atoms with van der Waals surface area (Å²) < 4.78 is 4.96. The number of nitrogens with two attached hydrogens (primary N) is 1. The highest BCUT2D eigenvalue weighted by Gasteiger charge is 2.26. The molecule has 20 heavy (non-hydrogen) atoms. The van der Waals surface area contributed by atoms with Gasteiger partial charge in [0.2, 0.25) is 0 Å². The minimum atomic E-state index is -0.874. The number of nitrogens with zero attached hydrogens (tertiary/aromatic N) is 1. The first-order valence-corrected chi connectivity index (χ1v) is 7.38. The molecule has 0 atom stereocenters. The van der Waals surface area contributed by atoms with E-state index in [9.17, 15) is 9.59 Å². The number of anilines is 1. The molecule has 110 valence electrons. The van der Waals surface area contributed by atoms with Gasteiger partial charge in [-0.2, -0.15) is 0 Å². The van der Waals surface area contributed by atoms with E-state index < -0.39 is 12.1 Å². The number of piperidine rings is 1. The van der Waals surface area contributed by atoms with Crippen LogP contribution < -0.4 is 5.73 Å². The lowest BCUT2D eigenvalue weighted by Crippen LogP contribution is -2.36. The smallest absolute Gasteiger partial charge is 0.407 e. The van der Waals surface area contributed by atoms with Gasteiger partial charge < -0.3 is 20.5 Å². The van der Waals surface area contributed by atoms with Gasteiger partial charge in [-0.15, -0.1) is 11.3 Å². The third kappa shape index (κ3) is 3.04. The Labute approximate surface area is 121 Å². The second-order valence-corrected chi connectivity index (χ2v) is 5.81. The highest BCUT2D eigenvalue weighted by atomic mass is 32.1. The molecule has 0 bridgehead atoms. The maximum Gasteiger partial charge on any atom is 0.407 e. The number of carbonyl (C=O) groups is 2. The van der Waals surface area contributed by atoms with E-state index in [1.54, 1.807) is 13.0 Å². The fourth-order valence-electron chi connectivity index (χ4n) is 2.35. The lowest BCUT2D eigenvalue weighted by molar-refractivity contribution is 0.0528. The van der Waals surface area contributed by atoms with Gasteiger partial charge in [0, 0.05) is 18.0 Å². The molecule has 1 aromatic rings. The molecule has 2 heterocycles. The minimum Gasteiger partial charge on any atom is -0.465 e. The number of ether oxygens (including phenoxy) is 1. The topological polar surface area (TPSA) is 92.9 Å². The summed E-state index contributed by atoms with van der Waals surface area (Å²) in [6, 6.07) is 1.79. The van der Waals surface area contributed by atoms with Gasteiger partial charge in [0.25, 0.3) is 0 Å². The molecular weight excluding hydrogens is 280 g/mol. The van der Waals surface area contributed by atoms with Crippen LogP contribution in [0.25, 0.3) is 0 Å². The van der Waals surface area contributed by atoms with Crippen LogP contribution in [0.1, 0.15) is 40.9 Å². The van der Waals surface area contributed by atoms with Crippen molar-refractivity contribution in [2.45, 2.75) is 25.7 Å². The van der Waals surface area contributed by atoms with Crippen LogP contribution in [0.2, 0.25) is 0 Å². The summed E-state index contributed by atoms with van der Waals surface area (Å²) >= 11 is 1.40. The number of carbonyl (C=O) groups excluding carboxylic acids is 1. The summed E-state index contributed by atoms with van der Waals surface area (Å²) in [4.78, 5) is 25.0. The summed E-state index contributed by atoms with van der Waals surface area (Å²) in [5, 5.41) is 9.39. The molecule has 3 N–H and O–H groups in total. The van der Waals surface area contributed by atoms with Gasteiger partial charge in [0.15, 0.2) is 0 Å². The quantitative estimate of drug-likeness (QED) is 0.836. The van der Waals surface area contributed by atoms with E-state index >= 15 is 0 Å². The van der Waals surface area contributed by atoms with Crippen molar-refractivity contribution in [3.63, 3.8) is 0 Å². The fourth-order valence-corrected chi connectivity index (χ4v) is 3.43. The van der Waals surface area contributed by atoms with Gasteiger partial charge in [0.05, 0.1) is 12.2 Å². The summed E-state index contributed by atoms with van der Waals surface area (Å²) in [5.74, 6) is -0.128. The summed E-state index contributed by atoms with van der Waals surface area (Å²) in [6.07, 6.45) is 0.643. The Morgan fingerprint density at radius 3 is 2.70 bits per heavy atom. The Balaban J connectivity index is 2.06. The number of nitrogen functional groups attached to an aromatic ring is 1. The average molecular weight is 298 g/mol. The maximum atomic E-state index is 11.7. The molecule has 1 saturated heterocycles. The fraction of sp³-hybridized carbons (Fsp3) is 0.538. The van der Waals surface area contributed by atoms with Crippen LogP contribution in [-0.4, -0.2) is 41.8 Å². The standard InChI is InChI=1S/C13H18N2O4S/c1-2-19-12(16)9-7-10(20-11(9)14)8-3-5-15(6-4-8)13(17)18/h7-8H,2-6,14H2,1H3,(H,17,18). The van der Waals surface area contributed by atoms with Gasteiger partial charge >= 0.3 is 12.1 Å². The zero-order valence-corrected chi connectivity index (χ0v) is 12.1. The second-order valence-electron chi connectivity index (χ2n) is 4.69. The molecule has 0 aromatic carbocycles. The summed E-state index contributed by atoms with van der Waals surface area (Å²) in [7, 11) is 0. The zero-order chi connectivity index (χ0) is 14.7. The highest BCUT2D eigenvalue weighted by Crippen LogP contribution is 2.36. The van der Waals surface area contributed by atoms with E-state index in [1.165, 1.54) is 16.2 Å². The molecule has 1 aromatic heterocycles. The molecule has 1 aliphatic heterocycles. The van der Waals surface area contributed by atoms with Crippen molar-refractivity contribution in [3.8, 4) is 0 Å². The molecule has 0 aliphatic carbocycles. The van der Waals surface area contributed by atoms with Crippen molar-refractivity contribution in [2.24, 2.45) is 0 Å². The Hall–Kier alpha value is -1.76. The van der Waals surface area contributed by atoms with E-state index in [0.29, 0.717) is 30.3 Å². The highest BCUT2D eigenvalue weighted by molar-refractivity contribution is 7.16. The van der Waals surface area contributed by atoms with Crippen LogP contribution >= 0.6 is 11.3 Å². The van der Waals surface area contributed by atoms with Gasteiger partial charge in [-0.1, -0.05) is 0 Å². The molecule has 2 rings (SSSR count).